The van der Waals surface area contributed by atoms with Crippen LogP contribution in [-0.4, -0.2) is 78.8 Å². The second-order valence-corrected chi connectivity index (χ2v) is 10.9. The van der Waals surface area contributed by atoms with Gasteiger partial charge in [0.15, 0.2) is 0 Å². The molecule has 0 spiro atoms. The van der Waals surface area contributed by atoms with Crippen molar-refractivity contribution in [3.8, 4) is 11.3 Å². The van der Waals surface area contributed by atoms with Gasteiger partial charge in [-0.3, -0.25) is 9.59 Å². The predicted molar refractivity (Wildman–Crippen MR) is 136 cm³/mol. The van der Waals surface area contributed by atoms with E-state index in [1.54, 1.807) is 51.9 Å². The van der Waals surface area contributed by atoms with Crippen LogP contribution in [-0.2, 0) is 14.5 Å². The monoisotopic (exact) mass is 490 g/mol. The summed E-state index contributed by atoms with van der Waals surface area (Å²) in [5.74, 6) is 0.433. The van der Waals surface area contributed by atoms with Crippen molar-refractivity contribution in [2.75, 3.05) is 38.5 Å². The number of amides is 2. The Kier molecular flexibility index (Phi) is 6.00. The SMILES string of the molecule is CC(=O)N1CCN(C(=O)c2ccc(Nc3nccc(-c4ccc(S5(=O)=CN5C)cc4)n3)cc2)CC1. The van der Waals surface area contributed by atoms with E-state index in [0.29, 0.717) is 37.7 Å². The summed E-state index contributed by atoms with van der Waals surface area (Å²) in [7, 11) is -0.328. The molecule has 1 fully saturated rings. The largest absolute Gasteiger partial charge is 0.339 e. The first-order chi connectivity index (χ1) is 16.8. The van der Waals surface area contributed by atoms with Crippen LogP contribution in [0, 0.1) is 0 Å². The molecule has 5 rings (SSSR count). The Labute approximate surface area is 204 Å². The van der Waals surface area contributed by atoms with E-state index in [1.807, 2.05) is 42.5 Å². The maximum Gasteiger partial charge on any atom is 0.253 e. The van der Waals surface area contributed by atoms with E-state index >= 15 is 0 Å². The lowest BCUT2D eigenvalue weighted by Gasteiger charge is -2.34. The average molecular weight is 491 g/mol. The van der Waals surface area contributed by atoms with Gasteiger partial charge >= 0.3 is 0 Å². The summed E-state index contributed by atoms with van der Waals surface area (Å²) >= 11 is 0. The number of rotatable bonds is 5. The van der Waals surface area contributed by atoms with E-state index in [0.717, 1.165) is 21.8 Å². The summed E-state index contributed by atoms with van der Waals surface area (Å²) < 4.78 is 14.3. The van der Waals surface area contributed by atoms with Crippen molar-refractivity contribution in [3.05, 3.63) is 66.4 Å². The number of benzene rings is 2. The smallest absolute Gasteiger partial charge is 0.253 e. The van der Waals surface area contributed by atoms with E-state index < -0.39 is 9.71 Å². The zero-order chi connectivity index (χ0) is 24.6. The van der Waals surface area contributed by atoms with Crippen LogP contribution in [0.3, 0.4) is 0 Å². The minimum atomic E-state index is -2.13. The van der Waals surface area contributed by atoms with E-state index in [4.69, 9.17) is 0 Å². The molecule has 0 radical (unpaired) electrons. The third kappa shape index (κ3) is 4.75. The maximum absolute atomic E-state index is 12.8. The predicted octanol–water partition coefficient (Wildman–Crippen LogP) is 2.45. The van der Waals surface area contributed by atoms with Gasteiger partial charge in [-0.1, -0.05) is 12.1 Å². The number of nitrogens with one attached hydrogen (secondary N) is 1. The summed E-state index contributed by atoms with van der Waals surface area (Å²) in [6, 6.07) is 16.6. The van der Waals surface area contributed by atoms with Crippen LogP contribution in [0.5, 0.6) is 0 Å². The molecule has 10 heteroatoms. The van der Waals surface area contributed by atoms with Crippen LogP contribution < -0.4 is 5.32 Å². The molecule has 0 saturated carbocycles. The minimum Gasteiger partial charge on any atom is -0.339 e. The van der Waals surface area contributed by atoms with Crippen molar-refractivity contribution < 1.29 is 13.8 Å². The van der Waals surface area contributed by atoms with Crippen LogP contribution in [0.1, 0.15) is 17.3 Å². The van der Waals surface area contributed by atoms with Crippen LogP contribution in [0.25, 0.3) is 11.3 Å². The van der Waals surface area contributed by atoms with Gasteiger partial charge in [-0.15, -0.1) is 0 Å². The molecule has 2 aromatic carbocycles. The normalized spacial score (nSPS) is 21.3. The molecule has 2 atom stereocenters. The Balaban J connectivity index is 1.24. The number of anilines is 2. The van der Waals surface area contributed by atoms with Gasteiger partial charge in [-0.25, -0.2) is 14.2 Å². The van der Waals surface area contributed by atoms with E-state index in [2.05, 4.69) is 15.3 Å². The molecule has 1 saturated heterocycles. The molecular formula is C25H26N6O3S. The lowest BCUT2D eigenvalue weighted by atomic mass is 10.1. The van der Waals surface area contributed by atoms with Crippen LogP contribution >= 0.6 is 0 Å². The summed E-state index contributed by atoms with van der Waals surface area (Å²) in [5.41, 5.74) is 4.73. The number of aromatic nitrogens is 2. The van der Waals surface area contributed by atoms with Crippen LogP contribution in [0.4, 0.5) is 11.6 Å². The highest BCUT2D eigenvalue weighted by atomic mass is 32.2. The van der Waals surface area contributed by atoms with Crippen molar-refractivity contribution >= 4 is 38.6 Å². The van der Waals surface area contributed by atoms with Gasteiger partial charge in [0.05, 0.1) is 20.9 Å². The summed E-state index contributed by atoms with van der Waals surface area (Å²) in [6.45, 7) is 3.74. The highest BCUT2D eigenvalue weighted by Gasteiger charge is 2.28. The fraction of sp³-hybridized carbons (Fsp3) is 0.240. The number of hydrogen-bond donors (Lipinski definition) is 1. The van der Waals surface area contributed by atoms with Gasteiger partial charge in [0, 0.05) is 68.1 Å². The van der Waals surface area contributed by atoms with Crippen molar-refractivity contribution in [2.24, 2.45) is 0 Å². The Morgan fingerprint density at radius 2 is 1.54 bits per heavy atom. The molecule has 2 aliphatic rings. The van der Waals surface area contributed by atoms with Gasteiger partial charge in [0.1, 0.15) is 0 Å². The Morgan fingerprint density at radius 3 is 2.14 bits per heavy atom. The lowest BCUT2D eigenvalue weighted by molar-refractivity contribution is -0.130. The van der Waals surface area contributed by atoms with Gasteiger partial charge in [-0.2, -0.15) is 4.31 Å². The number of carbonyl (C=O) groups excluding carboxylic acids is 2. The van der Waals surface area contributed by atoms with Gasteiger partial charge < -0.3 is 15.1 Å². The maximum atomic E-state index is 12.8. The third-order valence-corrected chi connectivity index (χ3v) is 8.51. The topological polar surface area (TPSA) is 98.5 Å². The fourth-order valence-electron chi connectivity index (χ4n) is 4.04. The number of hydrogen-bond acceptors (Lipinski definition) is 6. The number of piperazine rings is 1. The molecule has 0 aliphatic carbocycles. The van der Waals surface area contributed by atoms with Crippen molar-refractivity contribution in [3.63, 3.8) is 0 Å². The van der Waals surface area contributed by atoms with Crippen molar-refractivity contribution in [1.29, 1.82) is 0 Å². The first-order valence-corrected chi connectivity index (χ1v) is 12.9. The molecule has 3 heterocycles. The summed E-state index contributed by atoms with van der Waals surface area (Å²) in [4.78, 5) is 37.5. The minimum absolute atomic E-state index is 0.0393. The van der Waals surface area contributed by atoms with Gasteiger partial charge in [-0.05, 0) is 42.5 Å². The molecule has 9 nitrogen and oxygen atoms in total. The molecule has 35 heavy (non-hydrogen) atoms. The Morgan fingerprint density at radius 1 is 0.914 bits per heavy atom. The molecule has 1 aromatic heterocycles. The van der Waals surface area contributed by atoms with Crippen LogP contribution in [0.15, 0.2) is 65.7 Å². The average Bonchev–Trinajstić information content (AvgIpc) is 3.51. The molecular weight excluding hydrogens is 464 g/mol. The van der Waals surface area contributed by atoms with Gasteiger partial charge in [0.2, 0.25) is 11.9 Å². The molecule has 0 bridgehead atoms. The molecule has 2 aliphatic heterocycles. The zero-order valence-corrected chi connectivity index (χ0v) is 20.4. The molecule has 180 valence electrons. The first-order valence-electron chi connectivity index (χ1n) is 11.3. The second kappa shape index (κ2) is 9.12. The lowest BCUT2D eigenvalue weighted by Crippen LogP contribution is -2.50. The highest BCUT2D eigenvalue weighted by molar-refractivity contribution is 8.06. The van der Waals surface area contributed by atoms with Crippen molar-refractivity contribution in [1.82, 2.24) is 24.1 Å². The van der Waals surface area contributed by atoms with Crippen molar-refractivity contribution in [2.45, 2.75) is 11.8 Å². The van der Waals surface area contributed by atoms with Crippen LogP contribution in [0.2, 0.25) is 0 Å². The van der Waals surface area contributed by atoms with Gasteiger partial charge in [0.25, 0.3) is 5.91 Å². The summed E-state index contributed by atoms with van der Waals surface area (Å²) in [6.07, 6.45) is 1.68. The quantitative estimate of drug-likeness (QED) is 0.552. The fourth-order valence-corrected chi connectivity index (χ4v) is 5.62. The third-order valence-electron chi connectivity index (χ3n) is 6.22. The standard InChI is InChI=1S/C25H26N6O3S/c1-18(32)30-13-15-31(16-14-30)24(33)20-3-7-21(8-4-20)27-25-26-12-11-23(28-25)19-5-9-22(10-6-19)35(34)17-29(35)2/h3-12,17H,13-16H2,1-2H3,(H,26,27,28). The first kappa shape index (κ1) is 23.0. The number of carbonyl (C=O) groups is 2. The molecule has 2 unspecified atom stereocenters. The highest BCUT2D eigenvalue weighted by Crippen LogP contribution is 2.26. The van der Waals surface area contributed by atoms with E-state index in [9.17, 15) is 13.8 Å². The zero-order valence-electron chi connectivity index (χ0n) is 19.5. The Bertz CT molecular complexity index is 1390. The number of nitrogens with zero attached hydrogens (tertiary/aromatic N) is 5. The molecule has 2 amide bonds. The second-order valence-electron chi connectivity index (χ2n) is 8.51. The molecule has 3 aromatic rings. The Hall–Kier alpha value is -3.76. The van der Waals surface area contributed by atoms with E-state index in [1.165, 1.54) is 0 Å². The summed E-state index contributed by atoms with van der Waals surface area (Å²) in [5, 5.41) is 3.18. The van der Waals surface area contributed by atoms with E-state index in [-0.39, 0.29) is 11.8 Å². The molecule has 1 N–H and O–H groups in total.